The number of nitrogens with two attached hydrogens (primary N) is 1. The quantitative estimate of drug-likeness (QED) is 0.928. The summed E-state index contributed by atoms with van der Waals surface area (Å²) in [5.74, 6) is 0.651. The summed E-state index contributed by atoms with van der Waals surface area (Å²) >= 11 is 6.28. The first kappa shape index (κ1) is 14.4. The van der Waals surface area contributed by atoms with Crippen molar-refractivity contribution in [3.63, 3.8) is 0 Å². The summed E-state index contributed by atoms with van der Waals surface area (Å²) in [7, 11) is 1.73. The monoisotopic (exact) mass is 306 g/mol. The lowest BCUT2D eigenvalue weighted by molar-refractivity contribution is 0.147. The van der Waals surface area contributed by atoms with E-state index in [4.69, 9.17) is 22.1 Å². The van der Waals surface area contributed by atoms with E-state index >= 15 is 0 Å². The van der Waals surface area contributed by atoms with E-state index in [2.05, 4.69) is 0 Å². The SMILES string of the molecule is Cn1ccc2cc(OC3CCC(N)CC3)c(Cl)cc2c1=O. The predicted octanol–water partition coefficient (Wildman–Crippen LogP) is 2.84. The molecule has 0 unspecified atom stereocenters. The molecule has 0 atom stereocenters. The molecule has 2 aromatic rings. The highest BCUT2D eigenvalue weighted by molar-refractivity contribution is 6.32. The van der Waals surface area contributed by atoms with E-state index in [0.717, 1.165) is 31.1 Å². The summed E-state index contributed by atoms with van der Waals surface area (Å²) in [6.07, 6.45) is 5.78. The number of hydrogen-bond donors (Lipinski definition) is 1. The predicted molar refractivity (Wildman–Crippen MR) is 85.1 cm³/mol. The maximum Gasteiger partial charge on any atom is 0.258 e. The maximum atomic E-state index is 12.1. The van der Waals surface area contributed by atoms with Crippen LogP contribution >= 0.6 is 11.6 Å². The van der Waals surface area contributed by atoms with Crippen molar-refractivity contribution in [3.8, 4) is 5.75 Å². The second-order valence-corrected chi connectivity index (χ2v) is 6.16. The van der Waals surface area contributed by atoms with Crippen LogP contribution in [0.4, 0.5) is 0 Å². The van der Waals surface area contributed by atoms with Crippen LogP contribution in [0.3, 0.4) is 0 Å². The minimum Gasteiger partial charge on any atom is -0.489 e. The van der Waals surface area contributed by atoms with E-state index in [1.807, 2.05) is 12.1 Å². The highest BCUT2D eigenvalue weighted by Crippen LogP contribution is 2.32. The van der Waals surface area contributed by atoms with Gasteiger partial charge in [0.25, 0.3) is 5.56 Å². The highest BCUT2D eigenvalue weighted by Gasteiger charge is 2.21. The van der Waals surface area contributed by atoms with Crippen LogP contribution in [0, 0.1) is 0 Å². The molecule has 1 saturated carbocycles. The van der Waals surface area contributed by atoms with Gasteiger partial charge in [-0.05, 0) is 49.3 Å². The number of halogens is 1. The number of ether oxygens (including phenoxy) is 1. The second kappa shape index (κ2) is 5.70. The zero-order valence-electron chi connectivity index (χ0n) is 12.0. The summed E-state index contributed by atoms with van der Waals surface area (Å²) in [5, 5.41) is 1.95. The lowest BCUT2D eigenvalue weighted by Crippen LogP contribution is -2.31. The first-order valence-corrected chi connectivity index (χ1v) is 7.63. The van der Waals surface area contributed by atoms with Gasteiger partial charge in [-0.1, -0.05) is 11.6 Å². The van der Waals surface area contributed by atoms with Gasteiger partial charge in [0.1, 0.15) is 5.75 Å². The third-order valence-electron chi connectivity index (χ3n) is 4.15. The van der Waals surface area contributed by atoms with Gasteiger partial charge in [-0.15, -0.1) is 0 Å². The molecule has 2 N–H and O–H groups in total. The van der Waals surface area contributed by atoms with E-state index < -0.39 is 0 Å². The van der Waals surface area contributed by atoms with Crippen LogP contribution in [-0.2, 0) is 7.05 Å². The number of nitrogens with zero attached hydrogens (tertiary/aromatic N) is 1. The molecule has 0 saturated heterocycles. The van der Waals surface area contributed by atoms with Crippen molar-refractivity contribution in [1.82, 2.24) is 4.57 Å². The van der Waals surface area contributed by atoms with Crippen molar-refractivity contribution in [1.29, 1.82) is 0 Å². The molecule has 3 rings (SSSR count). The van der Waals surface area contributed by atoms with Gasteiger partial charge < -0.3 is 15.0 Å². The lowest BCUT2D eigenvalue weighted by Gasteiger charge is -2.27. The van der Waals surface area contributed by atoms with Crippen molar-refractivity contribution >= 4 is 22.4 Å². The number of pyridine rings is 1. The molecule has 0 aliphatic heterocycles. The largest absolute Gasteiger partial charge is 0.489 e. The van der Waals surface area contributed by atoms with Gasteiger partial charge in [0, 0.05) is 24.7 Å². The summed E-state index contributed by atoms with van der Waals surface area (Å²) in [5.41, 5.74) is 5.86. The fourth-order valence-electron chi connectivity index (χ4n) is 2.82. The topological polar surface area (TPSA) is 57.2 Å². The number of benzene rings is 1. The molecule has 1 aromatic heterocycles. The smallest absolute Gasteiger partial charge is 0.258 e. The van der Waals surface area contributed by atoms with Gasteiger partial charge in [0.15, 0.2) is 0 Å². The summed E-state index contributed by atoms with van der Waals surface area (Å²) < 4.78 is 7.56. The van der Waals surface area contributed by atoms with E-state index in [1.165, 1.54) is 0 Å². The Bertz CT molecular complexity index is 718. The van der Waals surface area contributed by atoms with Crippen LogP contribution in [0.15, 0.2) is 29.2 Å². The zero-order valence-corrected chi connectivity index (χ0v) is 12.8. The average molecular weight is 307 g/mol. The van der Waals surface area contributed by atoms with Crippen molar-refractivity contribution in [3.05, 3.63) is 39.8 Å². The number of aryl methyl sites for hydroxylation is 1. The Morgan fingerprint density at radius 2 is 2.00 bits per heavy atom. The lowest BCUT2D eigenvalue weighted by atomic mass is 9.94. The average Bonchev–Trinajstić information content (AvgIpc) is 2.47. The zero-order chi connectivity index (χ0) is 15.0. The van der Waals surface area contributed by atoms with Crippen LogP contribution in [0.2, 0.25) is 5.02 Å². The Balaban J connectivity index is 1.91. The Morgan fingerprint density at radius 1 is 1.29 bits per heavy atom. The Morgan fingerprint density at radius 3 is 2.71 bits per heavy atom. The minimum atomic E-state index is -0.0513. The molecule has 0 bridgehead atoms. The Kier molecular flexibility index (Phi) is 3.91. The van der Waals surface area contributed by atoms with E-state index in [0.29, 0.717) is 22.2 Å². The van der Waals surface area contributed by atoms with Crippen LogP contribution in [0.25, 0.3) is 10.8 Å². The molecule has 1 heterocycles. The van der Waals surface area contributed by atoms with Gasteiger partial charge in [0.2, 0.25) is 0 Å². The molecule has 1 aromatic carbocycles. The van der Waals surface area contributed by atoms with Crippen molar-refractivity contribution in [2.75, 3.05) is 0 Å². The summed E-state index contributed by atoms with van der Waals surface area (Å²) in [6, 6.07) is 5.74. The third kappa shape index (κ3) is 2.92. The summed E-state index contributed by atoms with van der Waals surface area (Å²) in [6.45, 7) is 0. The van der Waals surface area contributed by atoms with Gasteiger partial charge in [-0.2, -0.15) is 0 Å². The van der Waals surface area contributed by atoms with Crippen LogP contribution in [0.5, 0.6) is 5.75 Å². The van der Waals surface area contributed by atoms with Gasteiger partial charge >= 0.3 is 0 Å². The van der Waals surface area contributed by atoms with Crippen molar-refractivity contribution < 1.29 is 4.74 Å². The van der Waals surface area contributed by atoms with Crippen LogP contribution < -0.4 is 16.0 Å². The summed E-state index contributed by atoms with van der Waals surface area (Å²) in [4.78, 5) is 12.1. The van der Waals surface area contributed by atoms with Crippen LogP contribution in [-0.4, -0.2) is 16.7 Å². The number of aromatic nitrogens is 1. The fourth-order valence-corrected chi connectivity index (χ4v) is 3.03. The van der Waals surface area contributed by atoms with E-state index in [9.17, 15) is 4.79 Å². The molecular formula is C16H19ClN2O2. The molecule has 0 radical (unpaired) electrons. The van der Waals surface area contributed by atoms with Crippen LogP contribution in [0.1, 0.15) is 25.7 Å². The maximum absolute atomic E-state index is 12.1. The molecule has 1 fully saturated rings. The van der Waals surface area contributed by atoms with Crippen molar-refractivity contribution in [2.45, 2.75) is 37.8 Å². The van der Waals surface area contributed by atoms with Gasteiger partial charge in [-0.25, -0.2) is 0 Å². The molecule has 4 nitrogen and oxygen atoms in total. The third-order valence-corrected chi connectivity index (χ3v) is 4.44. The first-order valence-electron chi connectivity index (χ1n) is 7.25. The highest BCUT2D eigenvalue weighted by atomic mass is 35.5. The van der Waals surface area contributed by atoms with E-state index in [-0.39, 0.29) is 11.7 Å². The number of fused-ring (bicyclic) bond motifs is 1. The first-order chi connectivity index (χ1) is 10.0. The molecule has 5 heteroatoms. The molecule has 0 amide bonds. The fraction of sp³-hybridized carbons (Fsp3) is 0.438. The van der Waals surface area contributed by atoms with Gasteiger partial charge in [-0.3, -0.25) is 4.79 Å². The molecule has 21 heavy (non-hydrogen) atoms. The molecule has 112 valence electrons. The van der Waals surface area contributed by atoms with Gasteiger partial charge in [0.05, 0.1) is 11.1 Å². The molecular weight excluding hydrogens is 288 g/mol. The van der Waals surface area contributed by atoms with Crippen molar-refractivity contribution in [2.24, 2.45) is 12.8 Å². The molecule has 0 spiro atoms. The number of hydrogen-bond acceptors (Lipinski definition) is 3. The Labute approximate surface area is 128 Å². The molecule has 1 aliphatic rings. The number of rotatable bonds is 2. The normalized spacial score (nSPS) is 22.4. The second-order valence-electron chi connectivity index (χ2n) is 5.76. The minimum absolute atomic E-state index is 0.0513. The van der Waals surface area contributed by atoms with E-state index in [1.54, 1.807) is 23.9 Å². The Hall–Kier alpha value is -1.52. The molecule has 1 aliphatic carbocycles. The standard InChI is InChI=1S/C16H19ClN2O2/c1-19-7-6-10-8-15(14(17)9-13(10)16(19)20)21-12-4-2-11(18)3-5-12/h6-9,11-12H,2-5,18H2,1H3.